The van der Waals surface area contributed by atoms with E-state index in [2.05, 4.69) is 4.52 Å². The van der Waals surface area contributed by atoms with E-state index in [1.165, 1.54) is 0 Å². The summed E-state index contributed by atoms with van der Waals surface area (Å²) in [7, 11) is -4.88. The van der Waals surface area contributed by atoms with Crippen LogP contribution in [0.5, 0.6) is 0 Å². The Kier molecular flexibility index (Phi) is 5.09. The number of Topliss-reactive ketones (excluding diaryl/α,β-unsaturated/α-hetero) is 1. The number of aliphatic hydroxyl groups is 2. The second-order valence-electron chi connectivity index (χ2n) is 9.80. The molecular weight excluding hydrogens is 411 g/mol. The molecule has 0 aromatic carbocycles. The fraction of sp³-hybridized carbons (Fsp3) is 0.714. The minimum atomic E-state index is -4.88. The Balaban J connectivity index is 1.72. The predicted molar refractivity (Wildman–Crippen MR) is 106 cm³/mol. The predicted octanol–water partition coefficient (Wildman–Crippen LogP) is 1.67. The van der Waals surface area contributed by atoms with Crippen molar-refractivity contribution >= 4 is 19.4 Å². The summed E-state index contributed by atoms with van der Waals surface area (Å²) < 4.78 is 15.9. The topological polar surface area (TPSA) is 141 Å². The number of carbonyl (C=O) groups is 2. The lowest BCUT2D eigenvalue weighted by atomic mass is 9.42. The van der Waals surface area contributed by atoms with Gasteiger partial charge >= 0.3 is 7.82 Å². The number of phosphoric acid groups is 1. The Hall–Kier alpha value is -1.15. The molecule has 0 saturated heterocycles. The van der Waals surface area contributed by atoms with Crippen molar-refractivity contribution in [3.05, 3.63) is 23.8 Å². The van der Waals surface area contributed by atoms with E-state index in [4.69, 9.17) is 9.79 Å². The zero-order valence-electron chi connectivity index (χ0n) is 17.2. The van der Waals surface area contributed by atoms with E-state index in [0.29, 0.717) is 19.3 Å². The molecule has 0 aromatic rings. The van der Waals surface area contributed by atoms with Crippen LogP contribution in [0.25, 0.3) is 0 Å². The molecule has 0 radical (unpaired) electrons. The van der Waals surface area contributed by atoms with E-state index in [1.54, 1.807) is 19.1 Å². The third-order valence-electron chi connectivity index (χ3n) is 8.42. The molecule has 4 N–H and O–H groups in total. The van der Waals surface area contributed by atoms with Gasteiger partial charge in [0.2, 0.25) is 0 Å². The lowest BCUT2D eigenvalue weighted by Crippen LogP contribution is -2.68. The fourth-order valence-corrected chi connectivity index (χ4v) is 7.27. The molecule has 4 aliphatic carbocycles. The Bertz CT molecular complexity index is 889. The Labute approximate surface area is 175 Å². The first kappa shape index (κ1) is 22.1. The summed E-state index contributed by atoms with van der Waals surface area (Å²) in [5, 5.41) is 22.7. The van der Waals surface area contributed by atoms with Crippen molar-refractivity contribution < 1.29 is 38.7 Å². The third kappa shape index (κ3) is 3.12. The van der Waals surface area contributed by atoms with E-state index in [-0.39, 0.29) is 36.4 Å². The van der Waals surface area contributed by atoms with Crippen LogP contribution >= 0.6 is 7.82 Å². The minimum Gasteiger partial charge on any atom is -0.393 e. The standard InChI is InChI=1S/C21H29O8P/c1-19-8-7-13(22)9-12(19)3-4-14-15-5-6-17(24)21(25,11-29-30(26,27)28)20(15,2)10-16(23)18(14)19/h7-9,14-16,18,23,25H,3-6,10-11H2,1-2H3,(H2,26,27,28)/t14-,15-,16-,18+,19-,20-,21+/m0/s1. The van der Waals surface area contributed by atoms with Gasteiger partial charge in [0, 0.05) is 23.2 Å². The van der Waals surface area contributed by atoms with Crippen molar-refractivity contribution in [3.8, 4) is 0 Å². The molecule has 4 rings (SSSR count). The van der Waals surface area contributed by atoms with Gasteiger partial charge < -0.3 is 20.0 Å². The van der Waals surface area contributed by atoms with E-state index >= 15 is 0 Å². The highest BCUT2D eigenvalue weighted by molar-refractivity contribution is 7.46. The maximum Gasteiger partial charge on any atom is 0.469 e. The van der Waals surface area contributed by atoms with Crippen molar-refractivity contribution in [2.24, 2.45) is 28.6 Å². The van der Waals surface area contributed by atoms with Gasteiger partial charge in [-0.05, 0) is 49.7 Å². The maximum atomic E-state index is 12.8. The van der Waals surface area contributed by atoms with Crippen LogP contribution in [0.3, 0.4) is 0 Å². The van der Waals surface area contributed by atoms with Crippen molar-refractivity contribution in [3.63, 3.8) is 0 Å². The molecule has 7 atom stereocenters. The van der Waals surface area contributed by atoms with Crippen molar-refractivity contribution in [2.75, 3.05) is 6.61 Å². The van der Waals surface area contributed by atoms with Crippen molar-refractivity contribution in [1.82, 2.24) is 0 Å². The highest BCUT2D eigenvalue weighted by Crippen LogP contribution is 2.65. The highest BCUT2D eigenvalue weighted by atomic mass is 31.2. The molecule has 8 nitrogen and oxygen atoms in total. The van der Waals surface area contributed by atoms with Gasteiger partial charge in [0.25, 0.3) is 0 Å². The fourth-order valence-electron chi connectivity index (χ4n) is 6.92. The summed E-state index contributed by atoms with van der Waals surface area (Å²) in [5.74, 6) is -0.860. The number of hydrogen-bond acceptors (Lipinski definition) is 6. The number of rotatable bonds is 3. The van der Waals surface area contributed by atoms with Crippen LogP contribution < -0.4 is 0 Å². The summed E-state index contributed by atoms with van der Waals surface area (Å²) in [6.45, 7) is 2.96. The second-order valence-corrected chi connectivity index (χ2v) is 11.0. The SMILES string of the molecule is C[C@]12C=CC(=O)C=C1CC[C@@H]1[C@@H]2[C@@H](O)C[C@@]2(C)[C@H]1CCC(=O)[C@]2(O)COP(=O)(O)O. The monoisotopic (exact) mass is 440 g/mol. The van der Waals surface area contributed by atoms with Crippen LogP contribution in [0.4, 0.5) is 0 Å². The van der Waals surface area contributed by atoms with Gasteiger partial charge in [-0.2, -0.15) is 0 Å². The van der Waals surface area contributed by atoms with E-state index in [1.807, 2.05) is 13.0 Å². The number of aliphatic hydroxyl groups excluding tert-OH is 1. The molecule has 4 aliphatic rings. The Morgan fingerprint density at radius 3 is 2.57 bits per heavy atom. The van der Waals surface area contributed by atoms with Crippen LogP contribution in [-0.2, 0) is 18.7 Å². The van der Waals surface area contributed by atoms with Crippen molar-refractivity contribution in [2.45, 2.75) is 57.7 Å². The molecule has 166 valence electrons. The van der Waals surface area contributed by atoms with Gasteiger partial charge in [-0.1, -0.05) is 25.5 Å². The van der Waals surface area contributed by atoms with Gasteiger partial charge in [0.15, 0.2) is 17.2 Å². The number of hydrogen-bond donors (Lipinski definition) is 4. The zero-order chi connectivity index (χ0) is 22.1. The van der Waals surface area contributed by atoms with Gasteiger partial charge in [-0.15, -0.1) is 0 Å². The largest absolute Gasteiger partial charge is 0.469 e. The number of ketones is 2. The van der Waals surface area contributed by atoms with Crippen LogP contribution in [-0.4, -0.2) is 49.9 Å². The van der Waals surface area contributed by atoms with E-state index in [9.17, 15) is 24.4 Å². The lowest BCUT2D eigenvalue weighted by molar-refractivity contribution is -0.218. The summed E-state index contributed by atoms with van der Waals surface area (Å²) in [6.07, 6.45) is 6.38. The zero-order valence-corrected chi connectivity index (χ0v) is 18.0. The van der Waals surface area contributed by atoms with Gasteiger partial charge in [0.1, 0.15) is 0 Å². The van der Waals surface area contributed by atoms with Crippen LogP contribution in [0.1, 0.15) is 46.0 Å². The number of allylic oxidation sites excluding steroid dienone is 4. The molecule has 0 aliphatic heterocycles. The number of phosphoric ester groups is 1. The third-order valence-corrected chi connectivity index (χ3v) is 8.88. The molecule has 9 heteroatoms. The van der Waals surface area contributed by atoms with Gasteiger partial charge in [-0.25, -0.2) is 4.57 Å². The Morgan fingerprint density at radius 2 is 1.90 bits per heavy atom. The molecule has 0 aromatic heterocycles. The summed E-state index contributed by atoms with van der Waals surface area (Å²) >= 11 is 0. The van der Waals surface area contributed by atoms with Gasteiger partial charge in [-0.3, -0.25) is 14.1 Å². The second kappa shape index (κ2) is 6.92. The molecule has 0 spiro atoms. The maximum absolute atomic E-state index is 12.8. The average molecular weight is 440 g/mol. The number of fused-ring (bicyclic) bond motifs is 5. The molecule has 3 fully saturated rings. The first-order chi connectivity index (χ1) is 13.8. The lowest BCUT2D eigenvalue weighted by Gasteiger charge is -2.63. The average Bonchev–Trinajstić information content (AvgIpc) is 2.64. The van der Waals surface area contributed by atoms with E-state index in [0.717, 1.165) is 5.57 Å². The summed E-state index contributed by atoms with van der Waals surface area (Å²) in [6, 6.07) is 0. The normalized spacial score (nSPS) is 46.0. The van der Waals surface area contributed by atoms with Crippen LogP contribution in [0, 0.1) is 28.6 Å². The molecular formula is C21H29O8P. The molecule has 0 amide bonds. The molecule has 0 unspecified atom stereocenters. The first-order valence-electron chi connectivity index (χ1n) is 10.4. The number of carbonyl (C=O) groups excluding carboxylic acids is 2. The summed E-state index contributed by atoms with van der Waals surface area (Å²) in [5.41, 5.74) is -2.63. The molecule has 30 heavy (non-hydrogen) atoms. The Morgan fingerprint density at radius 1 is 1.20 bits per heavy atom. The highest BCUT2D eigenvalue weighted by Gasteiger charge is 2.67. The van der Waals surface area contributed by atoms with E-state index < -0.39 is 42.7 Å². The van der Waals surface area contributed by atoms with Crippen LogP contribution in [0.2, 0.25) is 0 Å². The first-order valence-corrected chi connectivity index (χ1v) is 11.9. The summed E-state index contributed by atoms with van der Waals surface area (Å²) in [4.78, 5) is 42.9. The van der Waals surface area contributed by atoms with Crippen molar-refractivity contribution in [1.29, 1.82) is 0 Å². The minimum absolute atomic E-state index is 0.00608. The molecule has 0 bridgehead atoms. The molecule has 0 heterocycles. The smallest absolute Gasteiger partial charge is 0.393 e. The molecule has 3 saturated carbocycles. The van der Waals surface area contributed by atoms with Crippen LogP contribution in [0.15, 0.2) is 23.8 Å². The quantitative estimate of drug-likeness (QED) is 0.486. The van der Waals surface area contributed by atoms with Gasteiger partial charge in [0.05, 0.1) is 12.7 Å².